The van der Waals surface area contributed by atoms with Gasteiger partial charge >= 0.3 is 0 Å². The Bertz CT molecular complexity index is 1070. The van der Waals surface area contributed by atoms with Crippen LogP contribution in [0.4, 0.5) is 5.69 Å². The normalized spacial score (nSPS) is 15.2. The Morgan fingerprint density at radius 2 is 1.81 bits per heavy atom. The third kappa shape index (κ3) is 4.85. The summed E-state index contributed by atoms with van der Waals surface area (Å²) in [7, 11) is 0. The molecule has 1 fully saturated rings. The van der Waals surface area contributed by atoms with Crippen LogP contribution in [0.15, 0.2) is 48.1 Å². The lowest BCUT2D eigenvalue weighted by Gasteiger charge is -2.33. The highest BCUT2D eigenvalue weighted by molar-refractivity contribution is 7.03. The van der Waals surface area contributed by atoms with Crippen LogP contribution in [0.3, 0.4) is 0 Å². The molecule has 7 nitrogen and oxygen atoms in total. The average Bonchev–Trinajstić information content (AvgIpc) is 3.35. The van der Waals surface area contributed by atoms with Crippen LogP contribution in [0, 0.1) is 13.8 Å². The first-order valence-corrected chi connectivity index (χ1v) is 11.8. The van der Waals surface area contributed by atoms with Crippen molar-refractivity contribution in [1.82, 2.24) is 19.9 Å². The molecule has 0 radical (unpaired) electrons. The summed E-state index contributed by atoms with van der Waals surface area (Å²) in [5.74, 6) is -0.555. The van der Waals surface area contributed by atoms with Gasteiger partial charge in [0.1, 0.15) is 6.04 Å². The maximum Gasteiger partial charge on any atom is 0.280 e. The number of pyridine rings is 1. The van der Waals surface area contributed by atoms with E-state index in [4.69, 9.17) is 0 Å². The molecule has 0 aliphatic heterocycles. The molecule has 166 valence electrons. The minimum absolute atomic E-state index is 0.123. The Balaban J connectivity index is 1.79. The molecule has 0 bridgehead atoms. The minimum Gasteiger partial charge on any atom is -0.351 e. The lowest BCUT2D eigenvalue weighted by atomic mass is 9.94. The zero-order valence-electron chi connectivity index (χ0n) is 18.3. The second kappa shape index (κ2) is 9.99. The fraction of sp³-hybridized carbons (Fsp3) is 0.375. The fourth-order valence-corrected chi connectivity index (χ4v) is 4.56. The molecule has 1 atom stereocenters. The van der Waals surface area contributed by atoms with E-state index >= 15 is 0 Å². The Kier molecular flexibility index (Phi) is 6.90. The van der Waals surface area contributed by atoms with Crippen LogP contribution in [0.5, 0.6) is 0 Å². The molecule has 2 amide bonds. The van der Waals surface area contributed by atoms with Crippen molar-refractivity contribution in [3.05, 3.63) is 70.5 Å². The van der Waals surface area contributed by atoms with Gasteiger partial charge in [-0.2, -0.15) is 0 Å². The summed E-state index contributed by atoms with van der Waals surface area (Å²) < 4.78 is 3.86. The highest BCUT2D eigenvalue weighted by atomic mass is 32.1. The number of hydrogen-bond donors (Lipinski definition) is 1. The predicted octanol–water partition coefficient (Wildman–Crippen LogP) is 4.39. The Hall–Kier alpha value is -3.13. The molecule has 2 aromatic heterocycles. The van der Waals surface area contributed by atoms with E-state index in [9.17, 15) is 9.59 Å². The smallest absolute Gasteiger partial charge is 0.280 e. The van der Waals surface area contributed by atoms with Crippen molar-refractivity contribution < 1.29 is 9.59 Å². The molecule has 8 heteroatoms. The lowest BCUT2D eigenvalue weighted by molar-refractivity contribution is -0.123. The summed E-state index contributed by atoms with van der Waals surface area (Å²) >= 11 is 1.11. The zero-order valence-corrected chi connectivity index (χ0v) is 19.1. The Labute approximate surface area is 192 Å². The SMILES string of the molecule is Cc1ccc(N(C(=O)c2csnn2)[C@H](C(=O)NC2CCCCC2)c2ccncc2)cc1C. The summed E-state index contributed by atoms with van der Waals surface area (Å²) in [6.07, 6.45) is 8.62. The maximum atomic E-state index is 13.7. The van der Waals surface area contributed by atoms with Crippen LogP contribution in [-0.4, -0.2) is 32.4 Å². The highest BCUT2D eigenvalue weighted by Crippen LogP contribution is 2.31. The summed E-state index contributed by atoms with van der Waals surface area (Å²) in [5, 5.41) is 8.80. The van der Waals surface area contributed by atoms with E-state index in [0.29, 0.717) is 11.3 Å². The first-order valence-electron chi connectivity index (χ1n) is 10.9. The van der Waals surface area contributed by atoms with E-state index < -0.39 is 6.04 Å². The average molecular weight is 450 g/mol. The number of aromatic nitrogens is 3. The van der Waals surface area contributed by atoms with Crippen molar-refractivity contribution in [2.75, 3.05) is 4.90 Å². The number of amides is 2. The largest absolute Gasteiger partial charge is 0.351 e. The molecule has 0 saturated heterocycles. The Morgan fingerprint density at radius 1 is 1.06 bits per heavy atom. The number of carbonyl (C=O) groups is 2. The van der Waals surface area contributed by atoms with Gasteiger partial charge in [-0.3, -0.25) is 19.5 Å². The van der Waals surface area contributed by atoms with Crippen LogP contribution in [-0.2, 0) is 4.79 Å². The number of hydrogen-bond acceptors (Lipinski definition) is 6. The number of aryl methyl sites for hydroxylation is 2. The van der Waals surface area contributed by atoms with E-state index in [-0.39, 0.29) is 23.6 Å². The summed E-state index contributed by atoms with van der Waals surface area (Å²) in [4.78, 5) is 33.0. The van der Waals surface area contributed by atoms with Crippen LogP contribution in [0.2, 0.25) is 0 Å². The number of anilines is 1. The molecule has 1 aliphatic rings. The van der Waals surface area contributed by atoms with Gasteiger partial charge < -0.3 is 5.32 Å². The van der Waals surface area contributed by atoms with Gasteiger partial charge in [0.15, 0.2) is 5.69 Å². The van der Waals surface area contributed by atoms with Crippen molar-refractivity contribution in [2.24, 2.45) is 0 Å². The van der Waals surface area contributed by atoms with Crippen LogP contribution in [0.1, 0.15) is 65.3 Å². The molecule has 0 spiro atoms. The van der Waals surface area contributed by atoms with Crippen molar-refractivity contribution in [3.8, 4) is 0 Å². The molecule has 3 aromatic rings. The molecule has 1 aliphatic carbocycles. The van der Waals surface area contributed by atoms with Crippen molar-refractivity contribution >= 4 is 29.0 Å². The van der Waals surface area contributed by atoms with Crippen molar-refractivity contribution in [3.63, 3.8) is 0 Å². The van der Waals surface area contributed by atoms with E-state index in [2.05, 4.69) is 19.9 Å². The summed E-state index contributed by atoms with van der Waals surface area (Å²) in [6, 6.07) is 8.62. The fourth-order valence-electron chi connectivity index (χ4n) is 4.13. The first kappa shape index (κ1) is 22.1. The van der Waals surface area contributed by atoms with Crippen molar-refractivity contribution in [1.29, 1.82) is 0 Å². The molecule has 0 unspecified atom stereocenters. The molecule has 1 saturated carbocycles. The van der Waals surface area contributed by atoms with Crippen LogP contribution in [0.25, 0.3) is 0 Å². The zero-order chi connectivity index (χ0) is 22.5. The van der Waals surface area contributed by atoms with Gasteiger partial charge in [-0.15, -0.1) is 5.10 Å². The monoisotopic (exact) mass is 449 g/mol. The van der Waals surface area contributed by atoms with Gasteiger partial charge in [0, 0.05) is 29.5 Å². The third-order valence-electron chi connectivity index (χ3n) is 6.05. The number of nitrogens with zero attached hydrogens (tertiary/aromatic N) is 4. The summed E-state index contributed by atoms with van der Waals surface area (Å²) in [6.45, 7) is 4.02. The Morgan fingerprint density at radius 3 is 2.47 bits per heavy atom. The number of benzene rings is 1. The van der Waals surface area contributed by atoms with Gasteiger partial charge in [0.25, 0.3) is 5.91 Å². The van der Waals surface area contributed by atoms with Gasteiger partial charge in [-0.05, 0) is 79.2 Å². The van der Waals surface area contributed by atoms with Gasteiger partial charge in [-0.1, -0.05) is 29.8 Å². The number of rotatable bonds is 6. The summed E-state index contributed by atoms with van der Waals surface area (Å²) in [5.41, 5.74) is 3.72. The quantitative estimate of drug-likeness (QED) is 0.603. The minimum atomic E-state index is -0.851. The third-order valence-corrected chi connectivity index (χ3v) is 6.55. The van der Waals surface area contributed by atoms with Crippen LogP contribution >= 0.6 is 11.5 Å². The van der Waals surface area contributed by atoms with Crippen molar-refractivity contribution in [2.45, 2.75) is 58.0 Å². The molecule has 1 N–H and O–H groups in total. The van der Waals surface area contributed by atoms with E-state index in [1.54, 1.807) is 29.9 Å². The predicted molar refractivity (Wildman–Crippen MR) is 125 cm³/mol. The van der Waals surface area contributed by atoms with Gasteiger partial charge in [-0.25, -0.2) is 0 Å². The number of carbonyl (C=O) groups excluding carboxylic acids is 2. The number of nitrogens with one attached hydrogen (secondary N) is 1. The standard InChI is InChI=1S/C24H27N5O2S/c1-16-8-9-20(14-17(16)2)29(24(31)21-15-32-28-27-21)22(18-10-12-25-13-11-18)23(30)26-19-6-4-3-5-7-19/h8-15,19,22H,3-7H2,1-2H3,(H,26,30)/t22-/m0/s1. The molecule has 1 aromatic carbocycles. The molecule has 4 rings (SSSR count). The van der Waals surface area contributed by atoms with E-state index in [1.807, 2.05) is 32.0 Å². The highest BCUT2D eigenvalue weighted by Gasteiger charge is 2.35. The van der Waals surface area contributed by atoms with E-state index in [0.717, 1.165) is 48.3 Å². The second-order valence-electron chi connectivity index (χ2n) is 8.26. The maximum absolute atomic E-state index is 13.7. The molecule has 2 heterocycles. The van der Waals surface area contributed by atoms with E-state index in [1.165, 1.54) is 11.3 Å². The second-order valence-corrected chi connectivity index (χ2v) is 8.87. The van der Waals surface area contributed by atoms with Crippen LogP contribution < -0.4 is 10.2 Å². The molecule has 32 heavy (non-hydrogen) atoms. The lowest BCUT2D eigenvalue weighted by Crippen LogP contribution is -2.47. The molecular formula is C24H27N5O2S. The van der Waals surface area contributed by atoms with Gasteiger partial charge in [0.05, 0.1) is 0 Å². The molecular weight excluding hydrogens is 422 g/mol. The first-order chi connectivity index (χ1) is 15.5. The van der Waals surface area contributed by atoms with Gasteiger partial charge in [0.2, 0.25) is 5.91 Å². The topological polar surface area (TPSA) is 88.1 Å².